The molecule has 2 aliphatic rings. The summed E-state index contributed by atoms with van der Waals surface area (Å²) >= 11 is 0. The second-order valence-electron chi connectivity index (χ2n) is 11.7. The molecule has 3 aromatic heterocycles. The van der Waals surface area contributed by atoms with E-state index in [1.165, 1.54) is 18.1 Å². The lowest BCUT2D eigenvalue weighted by molar-refractivity contribution is -0.141. The minimum absolute atomic E-state index is 0.0724. The van der Waals surface area contributed by atoms with E-state index in [0.717, 1.165) is 34.9 Å². The van der Waals surface area contributed by atoms with E-state index in [1.54, 1.807) is 41.5 Å². The second-order valence-corrected chi connectivity index (χ2v) is 11.7. The Kier molecular flexibility index (Phi) is 6.94. The van der Waals surface area contributed by atoms with Crippen LogP contribution in [-0.2, 0) is 32.6 Å². The number of imidazole rings is 1. The number of amides is 2. The highest BCUT2D eigenvalue weighted by Gasteiger charge is 2.39. The number of carbonyl (C=O) groups excluding carboxylic acids is 2. The number of nitrogens with zero attached hydrogens (tertiary/aromatic N) is 6. The Labute approximate surface area is 256 Å². The van der Waals surface area contributed by atoms with Crippen molar-refractivity contribution in [1.29, 1.82) is 0 Å². The van der Waals surface area contributed by atoms with Crippen molar-refractivity contribution >= 4 is 28.5 Å². The third-order valence-electron chi connectivity index (χ3n) is 8.36. The number of carbonyl (C=O) groups is 2. The summed E-state index contributed by atoms with van der Waals surface area (Å²) in [5.74, 6) is -0.186. The number of hydrogen-bond donors (Lipinski definition) is 1. The van der Waals surface area contributed by atoms with Gasteiger partial charge in [0, 0.05) is 61.3 Å². The summed E-state index contributed by atoms with van der Waals surface area (Å²) in [5, 5.41) is 7.56. The van der Waals surface area contributed by atoms with Crippen molar-refractivity contribution in [2.24, 2.45) is 7.05 Å². The first-order valence-corrected chi connectivity index (χ1v) is 14.9. The Hall–Kier alpha value is -5.00. The Morgan fingerprint density at radius 1 is 1.07 bits per heavy atom. The number of hydrogen-bond acceptors (Lipinski definition) is 5. The molecule has 4 heterocycles. The molecular formula is C33H30F3N7O2. The molecular weight excluding hydrogens is 583 g/mol. The molecule has 0 bridgehead atoms. The Balaban J connectivity index is 1.33. The highest BCUT2D eigenvalue weighted by Crippen LogP contribution is 2.40. The van der Waals surface area contributed by atoms with Crippen molar-refractivity contribution in [3.05, 3.63) is 94.8 Å². The van der Waals surface area contributed by atoms with Crippen LogP contribution >= 0.6 is 0 Å². The molecule has 0 radical (unpaired) electrons. The number of rotatable bonds is 7. The Morgan fingerprint density at radius 2 is 1.87 bits per heavy atom. The zero-order chi connectivity index (χ0) is 31.5. The fourth-order valence-corrected chi connectivity index (χ4v) is 6.00. The van der Waals surface area contributed by atoms with Crippen LogP contribution in [0.25, 0.3) is 22.0 Å². The van der Waals surface area contributed by atoms with Gasteiger partial charge in [-0.3, -0.25) is 19.2 Å². The number of alkyl halides is 3. The van der Waals surface area contributed by atoms with Crippen LogP contribution in [0.2, 0.25) is 0 Å². The Morgan fingerprint density at radius 3 is 2.58 bits per heavy atom. The predicted octanol–water partition coefficient (Wildman–Crippen LogP) is 5.56. The summed E-state index contributed by atoms with van der Waals surface area (Å²) in [7, 11) is 1.45. The SMILES string of the molecule is CCc1cc(C(=O)NC2CC2)c2nc(N3CCc4c(cc(Cn5ccnc5)cc4-c4cn(C)nc4C(F)(F)F)C3=O)ccc2c1. The van der Waals surface area contributed by atoms with E-state index in [4.69, 9.17) is 4.98 Å². The number of pyridine rings is 1. The van der Waals surface area contributed by atoms with Gasteiger partial charge in [0.15, 0.2) is 5.69 Å². The maximum absolute atomic E-state index is 14.2. The third kappa shape index (κ3) is 5.45. The molecule has 0 unspecified atom stereocenters. The summed E-state index contributed by atoms with van der Waals surface area (Å²) in [6.45, 7) is 2.53. The number of aryl methyl sites for hydroxylation is 2. The van der Waals surface area contributed by atoms with Crippen LogP contribution in [0.3, 0.4) is 0 Å². The van der Waals surface area contributed by atoms with Crippen LogP contribution in [-0.4, -0.2) is 48.7 Å². The van der Waals surface area contributed by atoms with Crippen LogP contribution in [0.4, 0.5) is 19.0 Å². The molecule has 1 aliphatic heterocycles. The molecule has 7 rings (SSSR count). The number of aromatic nitrogens is 5. The van der Waals surface area contributed by atoms with Gasteiger partial charge in [-0.1, -0.05) is 6.92 Å². The lowest BCUT2D eigenvalue weighted by atomic mass is 9.88. The van der Waals surface area contributed by atoms with E-state index >= 15 is 0 Å². The fourth-order valence-electron chi connectivity index (χ4n) is 6.00. The average Bonchev–Trinajstić information content (AvgIpc) is 3.49. The smallest absolute Gasteiger partial charge is 0.349 e. The zero-order valence-electron chi connectivity index (χ0n) is 24.7. The minimum atomic E-state index is -4.68. The quantitative estimate of drug-likeness (QED) is 0.259. The van der Waals surface area contributed by atoms with Gasteiger partial charge in [-0.15, -0.1) is 0 Å². The first-order valence-electron chi connectivity index (χ1n) is 14.9. The number of anilines is 1. The molecule has 1 aliphatic carbocycles. The maximum atomic E-state index is 14.2. The molecule has 45 heavy (non-hydrogen) atoms. The monoisotopic (exact) mass is 613 g/mol. The van der Waals surface area contributed by atoms with Crippen LogP contribution in [0.15, 0.2) is 61.3 Å². The number of fused-ring (bicyclic) bond motifs is 2. The van der Waals surface area contributed by atoms with Crippen molar-refractivity contribution in [3.8, 4) is 11.1 Å². The summed E-state index contributed by atoms with van der Waals surface area (Å²) in [4.78, 5) is 37.8. The van der Waals surface area contributed by atoms with Gasteiger partial charge in [0.25, 0.3) is 11.8 Å². The second kappa shape index (κ2) is 10.9. The molecule has 5 aromatic rings. The first kappa shape index (κ1) is 28.8. The van der Waals surface area contributed by atoms with Gasteiger partial charge in [-0.2, -0.15) is 18.3 Å². The third-order valence-corrected chi connectivity index (χ3v) is 8.36. The van der Waals surface area contributed by atoms with E-state index in [-0.39, 0.29) is 30.0 Å². The lowest BCUT2D eigenvalue weighted by Gasteiger charge is -2.30. The van der Waals surface area contributed by atoms with Gasteiger partial charge in [-0.25, -0.2) is 9.97 Å². The minimum Gasteiger partial charge on any atom is -0.349 e. The number of nitrogens with one attached hydrogen (secondary N) is 1. The highest BCUT2D eigenvalue weighted by atomic mass is 19.4. The van der Waals surface area contributed by atoms with Gasteiger partial charge in [0.1, 0.15) is 5.82 Å². The van der Waals surface area contributed by atoms with Crippen molar-refractivity contribution in [3.63, 3.8) is 0 Å². The van der Waals surface area contributed by atoms with Gasteiger partial charge in [0.05, 0.1) is 17.4 Å². The molecule has 0 atom stereocenters. The van der Waals surface area contributed by atoms with E-state index < -0.39 is 11.9 Å². The van der Waals surface area contributed by atoms with Crippen molar-refractivity contribution in [2.45, 2.75) is 51.4 Å². The molecule has 230 valence electrons. The molecule has 9 nitrogen and oxygen atoms in total. The fraction of sp³-hybridized carbons (Fsp3) is 0.303. The number of benzene rings is 2. The maximum Gasteiger partial charge on any atom is 0.435 e. The zero-order valence-corrected chi connectivity index (χ0v) is 24.7. The van der Waals surface area contributed by atoms with Crippen molar-refractivity contribution in [2.75, 3.05) is 11.4 Å². The van der Waals surface area contributed by atoms with E-state index in [9.17, 15) is 22.8 Å². The molecule has 1 N–H and O–H groups in total. The summed E-state index contributed by atoms with van der Waals surface area (Å²) < 4.78 is 45.2. The standard InChI is InChI=1S/C33H30F3N7O2/c1-3-19-12-21-4-7-28(39-29(21)26(13-19)31(44)38-22-5-6-22)43-10-8-23-24(27-17-41(2)40-30(27)33(34,35)36)14-20(15-25(23)32(43)45)16-42-11-9-37-18-42/h4,7,9,11-15,17-18,22H,3,5-6,8,10,16H2,1-2H3,(H,38,44). The van der Waals surface area contributed by atoms with Crippen LogP contribution < -0.4 is 10.2 Å². The molecule has 0 saturated heterocycles. The molecule has 12 heteroatoms. The Bertz CT molecular complexity index is 1960. The summed E-state index contributed by atoms with van der Waals surface area (Å²) in [5.41, 5.74) is 2.71. The molecule has 2 aromatic carbocycles. The summed E-state index contributed by atoms with van der Waals surface area (Å²) in [6, 6.07) is 11.1. The van der Waals surface area contributed by atoms with Crippen LogP contribution in [0.5, 0.6) is 0 Å². The van der Waals surface area contributed by atoms with Crippen LogP contribution in [0, 0.1) is 0 Å². The van der Waals surface area contributed by atoms with Gasteiger partial charge >= 0.3 is 6.18 Å². The largest absolute Gasteiger partial charge is 0.435 e. The van der Waals surface area contributed by atoms with Crippen molar-refractivity contribution < 1.29 is 22.8 Å². The van der Waals surface area contributed by atoms with Gasteiger partial charge < -0.3 is 9.88 Å². The topological polar surface area (TPSA) is 97.9 Å². The van der Waals surface area contributed by atoms with E-state index in [2.05, 4.69) is 15.4 Å². The lowest BCUT2D eigenvalue weighted by Crippen LogP contribution is -2.38. The number of halogens is 3. The first-order chi connectivity index (χ1) is 21.6. The van der Waals surface area contributed by atoms with Gasteiger partial charge in [-0.05, 0) is 84.3 Å². The molecule has 2 amide bonds. The summed E-state index contributed by atoms with van der Waals surface area (Å²) in [6.07, 6.45) is 4.60. The average molecular weight is 614 g/mol. The molecule has 0 spiro atoms. The van der Waals surface area contributed by atoms with E-state index in [1.807, 2.05) is 25.1 Å². The van der Waals surface area contributed by atoms with Crippen LogP contribution in [0.1, 0.15) is 62.9 Å². The van der Waals surface area contributed by atoms with E-state index in [0.29, 0.717) is 52.1 Å². The molecule has 1 fully saturated rings. The van der Waals surface area contributed by atoms with Gasteiger partial charge in [0.2, 0.25) is 0 Å². The normalized spacial score (nSPS) is 15.0. The van der Waals surface area contributed by atoms with Crippen molar-refractivity contribution in [1.82, 2.24) is 29.6 Å². The predicted molar refractivity (Wildman–Crippen MR) is 162 cm³/mol. The molecule has 1 saturated carbocycles. The highest BCUT2D eigenvalue weighted by molar-refractivity contribution is 6.10.